The van der Waals surface area contributed by atoms with Gasteiger partial charge in [0, 0.05) is 6.54 Å². The van der Waals surface area contributed by atoms with E-state index in [1.807, 2.05) is 24.3 Å². The molecule has 1 aromatic carbocycles. The van der Waals surface area contributed by atoms with Crippen molar-refractivity contribution in [1.82, 2.24) is 9.97 Å². The smallest absolute Gasteiger partial charge is 0.172 e. The van der Waals surface area contributed by atoms with E-state index in [1.54, 1.807) is 0 Å². The lowest BCUT2D eigenvalue weighted by molar-refractivity contribution is 0.311. The van der Waals surface area contributed by atoms with Crippen LogP contribution in [0.15, 0.2) is 24.3 Å². The van der Waals surface area contributed by atoms with Crippen LogP contribution in [0.25, 0.3) is 11.0 Å². The van der Waals surface area contributed by atoms with Crippen LogP contribution in [0.1, 0.15) is 0 Å². The largest absolute Gasteiger partial charge is 0.395 e. The van der Waals surface area contributed by atoms with E-state index in [1.165, 1.54) is 0 Å². The highest BCUT2D eigenvalue weighted by molar-refractivity contribution is 6.32. The standard InChI is InChI=1S/C10H10ClN3O/c11-9-10(12-5-6-15)14-8-4-2-1-3-7(8)13-9/h1-4,15H,5-6H2,(H,12,14). The highest BCUT2D eigenvalue weighted by atomic mass is 35.5. The van der Waals surface area contributed by atoms with E-state index in [9.17, 15) is 0 Å². The van der Waals surface area contributed by atoms with Gasteiger partial charge in [0.1, 0.15) is 0 Å². The van der Waals surface area contributed by atoms with Crippen LogP contribution in [-0.4, -0.2) is 28.2 Å². The topological polar surface area (TPSA) is 58.0 Å². The SMILES string of the molecule is OCCNc1nc2ccccc2nc1Cl. The van der Waals surface area contributed by atoms with E-state index in [4.69, 9.17) is 16.7 Å². The van der Waals surface area contributed by atoms with Crippen LogP contribution >= 0.6 is 11.6 Å². The summed E-state index contributed by atoms with van der Waals surface area (Å²) in [5.74, 6) is 0.504. The minimum Gasteiger partial charge on any atom is -0.395 e. The molecule has 4 nitrogen and oxygen atoms in total. The Morgan fingerprint density at radius 1 is 1.20 bits per heavy atom. The van der Waals surface area contributed by atoms with Crippen molar-refractivity contribution in [3.63, 3.8) is 0 Å². The molecular weight excluding hydrogens is 214 g/mol. The van der Waals surface area contributed by atoms with Gasteiger partial charge in [-0.15, -0.1) is 0 Å². The molecule has 0 atom stereocenters. The summed E-state index contributed by atoms with van der Waals surface area (Å²) >= 11 is 5.92. The second-order valence-corrected chi connectivity index (χ2v) is 3.36. The zero-order valence-corrected chi connectivity index (χ0v) is 8.70. The Bertz CT molecular complexity index is 475. The molecule has 0 radical (unpaired) electrons. The predicted molar refractivity (Wildman–Crippen MR) is 60.1 cm³/mol. The lowest BCUT2D eigenvalue weighted by Gasteiger charge is -2.06. The van der Waals surface area contributed by atoms with Gasteiger partial charge in [0.2, 0.25) is 0 Å². The first-order valence-electron chi connectivity index (χ1n) is 4.58. The minimum absolute atomic E-state index is 0.0326. The van der Waals surface area contributed by atoms with Gasteiger partial charge in [-0.1, -0.05) is 23.7 Å². The van der Waals surface area contributed by atoms with Gasteiger partial charge in [0.25, 0.3) is 0 Å². The molecule has 0 aliphatic rings. The number of anilines is 1. The summed E-state index contributed by atoms with van der Waals surface area (Å²) in [5.41, 5.74) is 1.54. The van der Waals surface area contributed by atoms with Crippen LogP contribution < -0.4 is 5.32 Å². The number of benzene rings is 1. The normalized spacial score (nSPS) is 10.5. The maximum absolute atomic E-state index is 8.68. The molecule has 0 bridgehead atoms. The molecule has 0 aliphatic heterocycles. The van der Waals surface area contributed by atoms with Crippen molar-refractivity contribution in [3.05, 3.63) is 29.4 Å². The first kappa shape index (κ1) is 10.1. The Balaban J connectivity index is 2.43. The van der Waals surface area contributed by atoms with Crippen molar-refractivity contribution in [1.29, 1.82) is 0 Å². The highest BCUT2D eigenvalue weighted by Crippen LogP contribution is 2.20. The third-order valence-electron chi connectivity index (χ3n) is 1.93. The molecule has 0 amide bonds. The highest BCUT2D eigenvalue weighted by Gasteiger charge is 2.04. The van der Waals surface area contributed by atoms with Gasteiger partial charge >= 0.3 is 0 Å². The maximum atomic E-state index is 8.68. The molecular formula is C10H10ClN3O. The molecule has 0 spiro atoms. The molecule has 2 N–H and O–H groups in total. The van der Waals surface area contributed by atoms with Crippen LogP contribution in [0.5, 0.6) is 0 Å². The lowest BCUT2D eigenvalue weighted by atomic mass is 10.3. The fourth-order valence-corrected chi connectivity index (χ4v) is 1.47. The van der Waals surface area contributed by atoms with Gasteiger partial charge in [-0.3, -0.25) is 0 Å². The summed E-state index contributed by atoms with van der Waals surface area (Å²) in [5, 5.41) is 11.9. The van der Waals surface area contributed by atoms with E-state index in [0.29, 0.717) is 17.5 Å². The molecule has 1 heterocycles. The molecule has 78 valence electrons. The van der Waals surface area contributed by atoms with Gasteiger partial charge in [-0.2, -0.15) is 0 Å². The Labute approximate surface area is 91.9 Å². The van der Waals surface area contributed by atoms with Gasteiger partial charge in [-0.25, -0.2) is 9.97 Å². The van der Waals surface area contributed by atoms with Gasteiger partial charge < -0.3 is 10.4 Å². The Morgan fingerprint density at radius 3 is 2.53 bits per heavy atom. The van der Waals surface area contributed by atoms with E-state index in [0.717, 1.165) is 11.0 Å². The zero-order chi connectivity index (χ0) is 10.7. The molecule has 0 saturated heterocycles. The Morgan fingerprint density at radius 2 is 1.87 bits per heavy atom. The second-order valence-electron chi connectivity index (χ2n) is 3.00. The van der Waals surface area contributed by atoms with E-state index in [2.05, 4.69) is 15.3 Å². The molecule has 2 rings (SSSR count). The number of para-hydroxylation sites is 2. The Kier molecular flexibility index (Phi) is 2.99. The number of nitrogens with zero attached hydrogens (tertiary/aromatic N) is 2. The first-order chi connectivity index (χ1) is 7.31. The van der Waals surface area contributed by atoms with E-state index in [-0.39, 0.29) is 6.61 Å². The fraction of sp³-hybridized carbons (Fsp3) is 0.200. The van der Waals surface area contributed by atoms with Crippen LogP contribution in [-0.2, 0) is 0 Å². The average Bonchev–Trinajstić information content (AvgIpc) is 2.26. The summed E-state index contributed by atoms with van der Waals surface area (Å²) in [6, 6.07) is 7.49. The quantitative estimate of drug-likeness (QED) is 0.832. The number of fused-ring (bicyclic) bond motifs is 1. The minimum atomic E-state index is 0.0326. The number of nitrogens with one attached hydrogen (secondary N) is 1. The van der Waals surface area contributed by atoms with Gasteiger partial charge in [-0.05, 0) is 12.1 Å². The summed E-state index contributed by atoms with van der Waals surface area (Å²) in [6.45, 7) is 0.442. The summed E-state index contributed by atoms with van der Waals surface area (Å²) < 4.78 is 0. The van der Waals surface area contributed by atoms with Crippen molar-refractivity contribution < 1.29 is 5.11 Å². The van der Waals surface area contributed by atoms with Crippen LogP contribution in [0.4, 0.5) is 5.82 Å². The molecule has 1 aromatic heterocycles. The van der Waals surface area contributed by atoms with E-state index < -0.39 is 0 Å². The number of aliphatic hydroxyl groups is 1. The molecule has 0 aliphatic carbocycles. The van der Waals surface area contributed by atoms with Crippen LogP contribution in [0.2, 0.25) is 5.15 Å². The number of halogens is 1. The van der Waals surface area contributed by atoms with Crippen molar-refractivity contribution in [2.45, 2.75) is 0 Å². The summed E-state index contributed by atoms with van der Waals surface area (Å²) in [4.78, 5) is 8.48. The molecule has 5 heteroatoms. The van der Waals surface area contributed by atoms with Crippen molar-refractivity contribution >= 4 is 28.5 Å². The number of rotatable bonds is 3. The van der Waals surface area contributed by atoms with E-state index >= 15 is 0 Å². The molecule has 15 heavy (non-hydrogen) atoms. The van der Waals surface area contributed by atoms with Gasteiger partial charge in [0.15, 0.2) is 11.0 Å². The molecule has 0 saturated carbocycles. The monoisotopic (exact) mass is 223 g/mol. The van der Waals surface area contributed by atoms with Crippen LogP contribution in [0.3, 0.4) is 0 Å². The maximum Gasteiger partial charge on any atom is 0.172 e. The third kappa shape index (κ3) is 2.16. The zero-order valence-electron chi connectivity index (χ0n) is 7.94. The van der Waals surface area contributed by atoms with Gasteiger partial charge in [0.05, 0.1) is 17.6 Å². The van der Waals surface area contributed by atoms with Crippen LogP contribution in [0, 0.1) is 0 Å². The molecule has 2 aromatic rings. The summed E-state index contributed by atoms with van der Waals surface area (Å²) in [7, 11) is 0. The fourth-order valence-electron chi connectivity index (χ4n) is 1.27. The molecule has 0 unspecified atom stereocenters. The Hall–Kier alpha value is -1.39. The average molecular weight is 224 g/mol. The first-order valence-corrected chi connectivity index (χ1v) is 4.96. The summed E-state index contributed by atoms with van der Waals surface area (Å²) in [6.07, 6.45) is 0. The third-order valence-corrected chi connectivity index (χ3v) is 2.20. The second kappa shape index (κ2) is 4.42. The number of aromatic nitrogens is 2. The van der Waals surface area contributed by atoms with Crippen molar-refractivity contribution in [2.75, 3.05) is 18.5 Å². The number of hydrogen-bond donors (Lipinski definition) is 2. The number of hydrogen-bond acceptors (Lipinski definition) is 4. The van der Waals surface area contributed by atoms with Crippen molar-refractivity contribution in [3.8, 4) is 0 Å². The lowest BCUT2D eigenvalue weighted by Crippen LogP contribution is -2.08. The molecule has 0 fully saturated rings. The predicted octanol–water partition coefficient (Wildman–Crippen LogP) is 1.69. The van der Waals surface area contributed by atoms with Crippen molar-refractivity contribution in [2.24, 2.45) is 0 Å². The number of aliphatic hydroxyl groups excluding tert-OH is 1.